The number of rotatable bonds is 4. The SMILES string of the molecule is Cc1ccc(C(=O)Nc2cc(-c3ccc(-c4ccccc4F)cc3)no2)cn1. The summed E-state index contributed by atoms with van der Waals surface area (Å²) in [5.41, 5.74) is 3.92. The molecule has 0 aliphatic rings. The predicted molar refractivity (Wildman–Crippen MR) is 104 cm³/mol. The van der Waals surface area contributed by atoms with Gasteiger partial charge in [0.2, 0.25) is 5.88 Å². The van der Waals surface area contributed by atoms with Gasteiger partial charge in [0.15, 0.2) is 0 Å². The molecule has 2 heterocycles. The average Bonchev–Trinajstić information content (AvgIpc) is 3.17. The second-order valence-corrected chi connectivity index (χ2v) is 6.28. The van der Waals surface area contributed by atoms with E-state index in [9.17, 15) is 9.18 Å². The van der Waals surface area contributed by atoms with Gasteiger partial charge in [-0.25, -0.2) is 4.39 Å². The van der Waals surface area contributed by atoms with Gasteiger partial charge in [0.05, 0.1) is 5.56 Å². The number of halogens is 1. The number of nitrogens with zero attached hydrogens (tertiary/aromatic N) is 2. The molecule has 2 aromatic heterocycles. The Bertz CT molecular complexity index is 1120. The van der Waals surface area contributed by atoms with Gasteiger partial charge in [-0.05, 0) is 30.7 Å². The summed E-state index contributed by atoms with van der Waals surface area (Å²) in [7, 11) is 0. The zero-order chi connectivity index (χ0) is 19.5. The third-order valence-electron chi connectivity index (χ3n) is 4.29. The third kappa shape index (κ3) is 3.66. The summed E-state index contributed by atoms with van der Waals surface area (Å²) in [5.74, 6) is -0.365. The Morgan fingerprint density at radius 2 is 1.75 bits per heavy atom. The molecule has 0 spiro atoms. The quantitative estimate of drug-likeness (QED) is 0.540. The van der Waals surface area contributed by atoms with E-state index in [4.69, 9.17) is 4.52 Å². The van der Waals surface area contributed by atoms with Crippen LogP contribution in [0.2, 0.25) is 0 Å². The Morgan fingerprint density at radius 1 is 1.00 bits per heavy atom. The number of hydrogen-bond donors (Lipinski definition) is 1. The highest BCUT2D eigenvalue weighted by molar-refractivity contribution is 6.03. The zero-order valence-corrected chi connectivity index (χ0v) is 15.0. The lowest BCUT2D eigenvalue weighted by atomic mass is 10.0. The first kappa shape index (κ1) is 17.6. The minimum Gasteiger partial charge on any atom is -0.338 e. The van der Waals surface area contributed by atoms with E-state index < -0.39 is 0 Å². The average molecular weight is 373 g/mol. The molecule has 138 valence electrons. The summed E-state index contributed by atoms with van der Waals surface area (Å²) in [6.45, 7) is 1.85. The molecule has 4 aromatic rings. The zero-order valence-electron chi connectivity index (χ0n) is 15.0. The van der Waals surface area contributed by atoms with Crippen LogP contribution >= 0.6 is 0 Å². The highest BCUT2D eigenvalue weighted by Gasteiger charge is 2.12. The molecule has 1 N–H and O–H groups in total. The van der Waals surface area contributed by atoms with E-state index in [1.54, 1.807) is 36.4 Å². The molecule has 28 heavy (non-hydrogen) atoms. The van der Waals surface area contributed by atoms with Crippen LogP contribution in [0.4, 0.5) is 10.3 Å². The van der Waals surface area contributed by atoms with E-state index >= 15 is 0 Å². The summed E-state index contributed by atoms with van der Waals surface area (Å²) in [6.07, 6.45) is 1.50. The Kier molecular flexibility index (Phi) is 4.68. The number of amides is 1. The molecule has 5 nitrogen and oxygen atoms in total. The van der Waals surface area contributed by atoms with Gasteiger partial charge >= 0.3 is 0 Å². The Labute approximate surface area is 160 Å². The molecule has 4 rings (SSSR count). The van der Waals surface area contributed by atoms with Crippen LogP contribution in [0.25, 0.3) is 22.4 Å². The van der Waals surface area contributed by atoms with Crippen molar-refractivity contribution in [2.45, 2.75) is 6.92 Å². The van der Waals surface area contributed by atoms with Gasteiger partial charge in [-0.15, -0.1) is 0 Å². The highest BCUT2D eigenvalue weighted by atomic mass is 19.1. The van der Waals surface area contributed by atoms with E-state index in [1.165, 1.54) is 12.3 Å². The fourth-order valence-corrected chi connectivity index (χ4v) is 2.77. The second-order valence-electron chi connectivity index (χ2n) is 6.28. The van der Waals surface area contributed by atoms with E-state index in [0.717, 1.165) is 16.8 Å². The van der Waals surface area contributed by atoms with Gasteiger partial charge in [-0.3, -0.25) is 15.1 Å². The van der Waals surface area contributed by atoms with Crippen molar-refractivity contribution in [3.63, 3.8) is 0 Å². The molecule has 2 aromatic carbocycles. The monoisotopic (exact) mass is 373 g/mol. The summed E-state index contributed by atoms with van der Waals surface area (Å²) >= 11 is 0. The number of pyridine rings is 1. The normalized spacial score (nSPS) is 10.6. The molecule has 1 amide bonds. The lowest BCUT2D eigenvalue weighted by molar-refractivity contribution is 0.102. The van der Waals surface area contributed by atoms with Crippen LogP contribution in [0, 0.1) is 12.7 Å². The van der Waals surface area contributed by atoms with Gasteiger partial charge in [0, 0.05) is 29.1 Å². The summed E-state index contributed by atoms with van der Waals surface area (Å²) < 4.78 is 19.1. The number of hydrogen-bond acceptors (Lipinski definition) is 4. The minimum absolute atomic E-state index is 0.235. The van der Waals surface area contributed by atoms with E-state index in [0.29, 0.717) is 16.8 Å². The molecule has 0 radical (unpaired) electrons. The molecule has 0 saturated heterocycles. The molecule has 0 unspecified atom stereocenters. The van der Waals surface area contributed by atoms with Crippen molar-refractivity contribution in [1.29, 1.82) is 0 Å². The summed E-state index contributed by atoms with van der Waals surface area (Å²) in [6, 6.07) is 19.0. The van der Waals surface area contributed by atoms with E-state index in [1.807, 2.05) is 31.2 Å². The molecule has 6 heteroatoms. The maximum absolute atomic E-state index is 13.9. The van der Waals surface area contributed by atoms with Crippen LogP contribution in [0.3, 0.4) is 0 Å². The maximum atomic E-state index is 13.9. The number of nitrogens with one attached hydrogen (secondary N) is 1. The Hall–Kier alpha value is -3.80. The number of benzene rings is 2. The van der Waals surface area contributed by atoms with Crippen LogP contribution in [-0.2, 0) is 0 Å². The van der Waals surface area contributed by atoms with Crippen molar-refractivity contribution in [2.75, 3.05) is 5.32 Å². The van der Waals surface area contributed by atoms with Crippen molar-refractivity contribution in [2.24, 2.45) is 0 Å². The van der Waals surface area contributed by atoms with Gasteiger partial charge in [-0.2, -0.15) is 0 Å². The maximum Gasteiger partial charge on any atom is 0.259 e. The largest absolute Gasteiger partial charge is 0.338 e. The lowest BCUT2D eigenvalue weighted by Crippen LogP contribution is -2.11. The van der Waals surface area contributed by atoms with Crippen molar-refractivity contribution in [3.05, 3.63) is 90.0 Å². The van der Waals surface area contributed by atoms with E-state index in [2.05, 4.69) is 15.5 Å². The molecule has 0 aliphatic heterocycles. The standard InChI is InChI=1S/C22H16FN3O2/c1-14-6-7-17(13-24-14)22(27)25-21-12-20(26-28-21)16-10-8-15(9-11-16)18-4-2-3-5-19(18)23/h2-13H,1H3,(H,25,27). The molecular formula is C22H16FN3O2. The van der Waals surface area contributed by atoms with Crippen molar-refractivity contribution >= 4 is 11.8 Å². The smallest absolute Gasteiger partial charge is 0.259 e. The first-order chi connectivity index (χ1) is 13.6. The minimum atomic E-state index is -0.329. The van der Waals surface area contributed by atoms with Gasteiger partial charge in [0.25, 0.3) is 5.91 Å². The Balaban J connectivity index is 1.50. The van der Waals surface area contributed by atoms with Gasteiger partial charge in [0.1, 0.15) is 11.5 Å². The number of aryl methyl sites for hydroxylation is 1. The number of carbonyl (C=O) groups is 1. The molecule has 0 aliphatic carbocycles. The molecular weight excluding hydrogens is 357 g/mol. The first-order valence-electron chi connectivity index (χ1n) is 8.66. The molecule has 0 saturated carbocycles. The summed E-state index contributed by atoms with van der Waals surface area (Å²) in [4.78, 5) is 16.3. The lowest BCUT2D eigenvalue weighted by Gasteiger charge is -2.04. The van der Waals surface area contributed by atoms with Crippen molar-refractivity contribution in [3.8, 4) is 22.4 Å². The highest BCUT2D eigenvalue weighted by Crippen LogP contribution is 2.27. The van der Waals surface area contributed by atoms with Crippen LogP contribution in [0.1, 0.15) is 16.1 Å². The third-order valence-corrected chi connectivity index (χ3v) is 4.29. The van der Waals surface area contributed by atoms with Gasteiger partial charge in [-0.1, -0.05) is 47.6 Å². The van der Waals surface area contributed by atoms with Crippen LogP contribution in [0.5, 0.6) is 0 Å². The fraction of sp³-hybridized carbons (Fsp3) is 0.0455. The van der Waals surface area contributed by atoms with Crippen LogP contribution in [0.15, 0.2) is 77.4 Å². The van der Waals surface area contributed by atoms with Crippen LogP contribution < -0.4 is 5.32 Å². The van der Waals surface area contributed by atoms with E-state index in [-0.39, 0.29) is 17.6 Å². The fourth-order valence-electron chi connectivity index (χ4n) is 2.77. The molecule has 0 atom stereocenters. The predicted octanol–water partition coefficient (Wildman–Crippen LogP) is 5.10. The van der Waals surface area contributed by atoms with Crippen molar-refractivity contribution < 1.29 is 13.7 Å². The first-order valence-corrected chi connectivity index (χ1v) is 8.66. The molecule has 0 bridgehead atoms. The second kappa shape index (κ2) is 7.44. The number of aromatic nitrogens is 2. The summed E-state index contributed by atoms with van der Waals surface area (Å²) in [5, 5.41) is 6.64. The number of carbonyl (C=O) groups excluding carboxylic acids is 1. The van der Waals surface area contributed by atoms with Crippen LogP contribution in [-0.4, -0.2) is 16.0 Å². The topological polar surface area (TPSA) is 68.0 Å². The van der Waals surface area contributed by atoms with Crippen molar-refractivity contribution in [1.82, 2.24) is 10.1 Å². The number of anilines is 1. The Morgan fingerprint density at radius 3 is 2.46 bits per heavy atom. The van der Waals surface area contributed by atoms with Gasteiger partial charge < -0.3 is 4.52 Å². The molecule has 0 fully saturated rings.